The van der Waals surface area contributed by atoms with Gasteiger partial charge in [-0.3, -0.25) is 9.89 Å². The molecule has 130 valence electrons. The first-order valence-corrected chi connectivity index (χ1v) is 9.99. The van der Waals surface area contributed by atoms with Gasteiger partial charge in [-0.2, -0.15) is 0 Å². The second-order valence-corrected chi connectivity index (χ2v) is 7.51. The Bertz CT molecular complexity index is 812. The molecule has 1 atom stereocenters. The number of hydrogen-bond acceptors (Lipinski definition) is 5. The first-order valence-electron chi connectivity index (χ1n) is 8.13. The topological polar surface area (TPSA) is 70.7 Å². The maximum absolute atomic E-state index is 12.2. The maximum atomic E-state index is 12.2. The van der Waals surface area contributed by atoms with Crippen LogP contribution < -0.4 is 5.32 Å². The van der Waals surface area contributed by atoms with E-state index in [-0.39, 0.29) is 11.9 Å². The van der Waals surface area contributed by atoms with Gasteiger partial charge in [-0.05, 0) is 35.9 Å². The number of carbonyl (C=O) groups excluding carboxylic acids is 1. The summed E-state index contributed by atoms with van der Waals surface area (Å²) in [5.41, 5.74) is 2.40. The van der Waals surface area contributed by atoms with Crippen molar-refractivity contribution in [1.82, 2.24) is 20.5 Å². The lowest BCUT2D eigenvalue weighted by atomic mass is 10.1. The summed E-state index contributed by atoms with van der Waals surface area (Å²) in [7, 11) is 0. The Labute approximate surface area is 155 Å². The van der Waals surface area contributed by atoms with Crippen LogP contribution >= 0.6 is 23.1 Å². The van der Waals surface area contributed by atoms with Crippen molar-refractivity contribution in [2.24, 2.45) is 0 Å². The van der Waals surface area contributed by atoms with Crippen molar-refractivity contribution < 1.29 is 4.79 Å². The molecule has 1 aromatic carbocycles. The van der Waals surface area contributed by atoms with Gasteiger partial charge in [-0.1, -0.05) is 49.0 Å². The van der Waals surface area contributed by atoms with E-state index in [0.717, 1.165) is 22.7 Å². The molecule has 0 radical (unpaired) electrons. The lowest BCUT2D eigenvalue weighted by Gasteiger charge is -2.14. The minimum Gasteiger partial charge on any atom is -0.349 e. The highest BCUT2D eigenvalue weighted by Gasteiger charge is 2.12. The molecule has 5 nitrogen and oxygen atoms in total. The predicted molar refractivity (Wildman–Crippen MR) is 103 cm³/mol. The first-order chi connectivity index (χ1) is 12.2. The van der Waals surface area contributed by atoms with Gasteiger partial charge in [-0.15, -0.1) is 16.4 Å². The van der Waals surface area contributed by atoms with E-state index >= 15 is 0 Å². The largest absolute Gasteiger partial charge is 0.349 e. The van der Waals surface area contributed by atoms with Gasteiger partial charge in [0.2, 0.25) is 11.1 Å². The zero-order valence-corrected chi connectivity index (χ0v) is 15.8. The molecule has 25 heavy (non-hydrogen) atoms. The fourth-order valence-electron chi connectivity index (χ4n) is 2.37. The van der Waals surface area contributed by atoms with Crippen LogP contribution in [0.3, 0.4) is 0 Å². The van der Waals surface area contributed by atoms with Gasteiger partial charge < -0.3 is 5.32 Å². The molecule has 0 saturated heterocycles. The van der Waals surface area contributed by atoms with Gasteiger partial charge in [-0.25, -0.2) is 4.98 Å². The highest BCUT2D eigenvalue weighted by molar-refractivity contribution is 7.99. The average molecular weight is 373 g/mol. The molecule has 0 spiro atoms. The van der Waals surface area contributed by atoms with Crippen molar-refractivity contribution in [2.75, 3.05) is 5.75 Å². The fourth-order valence-corrected chi connectivity index (χ4v) is 3.65. The zero-order valence-electron chi connectivity index (χ0n) is 14.2. The Balaban J connectivity index is 1.50. The summed E-state index contributed by atoms with van der Waals surface area (Å²) in [4.78, 5) is 17.6. The monoisotopic (exact) mass is 372 g/mol. The summed E-state index contributed by atoms with van der Waals surface area (Å²) in [5.74, 6) is 1.00. The van der Waals surface area contributed by atoms with Gasteiger partial charge in [0.25, 0.3) is 0 Å². The van der Waals surface area contributed by atoms with E-state index in [1.54, 1.807) is 11.3 Å². The van der Waals surface area contributed by atoms with Crippen LogP contribution in [-0.4, -0.2) is 26.8 Å². The number of benzene rings is 1. The molecule has 2 aromatic heterocycles. The van der Waals surface area contributed by atoms with Crippen LogP contribution in [0, 0.1) is 0 Å². The van der Waals surface area contributed by atoms with Crippen molar-refractivity contribution in [2.45, 2.75) is 31.5 Å². The van der Waals surface area contributed by atoms with Crippen molar-refractivity contribution in [3.05, 3.63) is 52.9 Å². The van der Waals surface area contributed by atoms with E-state index in [2.05, 4.69) is 51.7 Å². The van der Waals surface area contributed by atoms with E-state index in [0.29, 0.717) is 10.9 Å². The van der Waals surface area contributed by atoms with Crippen molar-refractivity contribution in [1.29, 1.82) is 0 Å². The Hall–Kier alpha value is -2.12. The molecule has 0 saturated carbocycles. The molecule has 0 bridgehead atoms. The lowest BCUT2D eigenvalue weighted by Crippen LogP contribution is -2.28. The number of amides is 1. The summed E-state index contributed by atoms with van der Waals surface area (Å²) >= 11 is 2.93. The van der Waals surface area contributed by atoms with Crippen LogP contribution in [0.4, 0.5) is 0 Å². The van der Waals surface area contributed by atoms with Gasteiger partial charge in [0.1, 0.15) is 0 Å². The van der Waals surface area contributed by atoms with Gasteiger partial charge >= 0.3 is 0 Å². The normalized spacial score (nSPS) is 12.1. The van der Waals surface area contributed by atoms with Gasteiger partial charge in [0, 0.05) is 0 Å². The fraction of sp³-hybridized carbons (Fsp3) is 0.278. The van der Waals surface area contributed by atoms with Crippen LogP contribution in [0.1, 0.15) is 31.0 Å². The Morgan fingerprint density at radius 2 is 2.12 bits per heavy atom. The molecule has 2 N–H and O–H groups in total. The number of rotatable bonds is 7. The number of hydrogen-bond donors (Lipinski definition) is 2. The second kappa shape index (κ2) is 8.31. The van der Waals surface area contributed by atoms with Crippen LogP contribution in [0.15, 0.2) is 46.9 Å². The highest BCUT2D eigenvalue weighted by atomic mass is 32.2. The molecule has 3 aromatic rings. The van der Waals surface area contributed by atoms with Crippen LogP contribution in [-0.2, 0) is 11.2 Å². The summed E-state index contributed by atoms with van der Waals surface area (Å²) in [6.07, 6.45) is 1.02. The molecular weight excluding hydrogens is 352 g/mol. The third-order valence-electron chi connectivity index (χ3n) is 3.82. The number of carbonyl (C=O) groups is 1. The Kier molecular flexibility index (Phi) is 5.88. The molecule has 0 aliphatic heterocycles. The minimum atomic E-state index is -0.0282. The van der Waals surface area contributed by atoms with E-state index in [1.165, 1.54) is 17.3 Å². The summed E-state index contributed by atoms with van der Waals surface area (Å²) < 4.78 is 0. The summed E-state index contributed by atoms with van der Waals surface area (Å²) in [6, 6.07) is 12.3. The number of thiophene rings is 1. The number of H-pyrrole nitrogens is 1. The smallest absolute Gasteiger partial charge is 0.230 e. The second-order valence-electron chi connectivity index (χ2n) is 5.62. The van der Waals surface area contributed by atoms with Crippen molar-refractivity contribution in [3.63, 3.8) is 0 Å². The quantitative estimate of drug-likeness (QED) is 0.614. The van der Waals surface area contributed by atoms with E-state index in [4.69, 9.17) is 0 Å². The molecular formula is C18H20N4OS2. The predicted octanol–water partition coefficient (Wildman–Crippen LogP) is 4.07. The standard InChI is InChI=1S/C18H20N4OS2/c1-3-13-6-8-14(9-7-13)12(2)19-16(23)11-25-18-20-17(21-22-18)15-5-4-10-24-15/h4-10,12H,3,11H2,1-2H3,(H,19,23)(H,20,21,22)/t12-/m1/s1. The average Bonchev–Trinajstić information content (AvgIpc) is 3.31. The van der Waals surface area contributed by atoms with Gasteiger partial charge in [0.15, 0.2) is 5.82 Å². The van der Waals surface area contributed by atoms with E-state index in [1.807, 2.05) is 24.4 Å². The van der Waals surface area contributed by atoms with E-state index < -0.39 is 0 Å². The molecule has 0 unspecified atom stereocenters. The number of aromatic nitrogens is 3. The van der Waals surface area contributed by atoms with Crippen LogP contribution in [0.2, 0.25) is 0 Å². The molecule has 0 fully saturated rings. The van der Waals surface area contributed by atoms with E-state index in [9.17, 15) is 4.79 Å². The van der Waals surface area contributed by atoms with Crippen LogP contribution in [0.25, 0.3) is 10.7 Å². The third kappa shape index (κ3) is 4.70. The number of aromatic amines is 1. The molecule has 2 heterocycles. The number of nitrogens with zero attached hydrogens (tertiary/aromatic N) is 2. The molecule has 0 aliphatic carbocycles. The maximum Gasteiger partial charge on any atom is 0.230 e. The minimum absolute atomic E-state index is 0.0205. The number of aryl methyl sites for hydroxylation is 1. The molecule has 1 amide bonds. The zero-order chi connectivity index (χ0) is 17.6. The first kappa shape index (κ1) is 17.7. The summed E-state index contributed by atoms with van der Waals surface area (Å²) in [6.45, 7) is 4.12. The summed E-state index contributed by atoms with van der Waals surface area (Å²) in [5, 5.41) is 12.6. The van der Waals surface area contributed by atoms with Crippen molar-refractivity contribution in [3.8, 4) is 10.7 Å². The van der Waals surface area contributed by atoms with Gasteiger partial charge in [0.05, 0.1) is 16.7 Å². The molecule has 3 rings (SSSR count). The van der Waals surface area contributed by atoms with Crippen LogP contribution in [0.5, 0.6) is 0 Å². The Morgan fingerprint density at radius 1 is 1.32 bits per heavy atom. The molecule has 7 heteroatoms. The number of thioether (sulfide) groups is 1. The Morgan fingerprint density at radius 3 is 2.80 bits per heavy atom. The van der Waals surface area contributed by atoms with Crippen molar-refractivity contribution >= 4 is 29.0 Å². The lowest BCUT2D eigenvalue weighted by molar-refractivity contribution is -0.119. The number of nitrogens with one attached hydrogen (secondary N) is 2. The molecule has 0 aliphatic rings. The highest BCUT2D eigenvalue weighted by Crippen LogP contribution is 2.23. The third-order valence-corrected chi connectivity index (χ3v) is 5.54. The SMILES string of the molecule is CCc1ccc([C@@H](C)NC(=O)CSc2n[nH]c(-c3cccs3)n2)cc1.